The Morgan fingerprint density at radius 1 is 1.30 bits per heavy atom. The Hall–Kier alpha value is -3.02. The third-order valence-corrected chi connectivity index (χ3v) is 4.36. The van der Waals surface area contributed by atoms with Gasteiger partial charge in [0.2, 0.25) is 0 Å². The summed E-state index contributed by atoms with van der Waals surface area (Å²) in [5, 5.41) is 12.2. The summed E-state index contributed by atoms with van der Waals surface area (Å²) >= 11 is 6.92. The summed E-state index contributed by atoms with van der Waals surface area (Å²) in [7, 11) is 0. The van der Waals surface area contributed by atoms with Crippen molar-refractivity contribution in [3.05, 3.63) is 53.1 Å². The first-order chi connectivity index (χ1) is 13.0. The van der Waals surface area contributed by atoms with Gasteiger partial charge >= 0.3 is 5.97 Å². The lowest BCUT2D eigenvalue weighted by Crippen LogP contribution is -2.22. The SMILES string of the molecule is N#Cc1ccc(Cl)cc1NC(=O)COC(=O)CSc1nc2ccccc2o1. The smallest absolute Gasteiger partial charge is 0.316 e. The van der Waals surface area contributed by atoms with Crippen molar-refractivity contribution in [2.45, 2.75) is 5.22 Å². The van der Waals surface area contributed by atoms with E-state index >= 15 is 0 Å². The second kappa shape index (κ2) is 8.58. The number of nitriles is 1. The molecule has 1 heterocycles. The van der Waals surface area contributed by atoms with Gasteiger partial charge in [0.1, 0.15) is 17.3 Å². The summed E-state index contributed by atoms with van der Waals surface area (Å²) in [6, 6.07) is 13.7. The van der Waals surface area contributed by atoms with Crippen LogP contribution >= 0.6 is 23.4 Å². The topological polar surface area (TPSA) is 105 Å². The fourth-order valence-electron chi connectivity index (χ4n) is 2.12. The van der Waals surface area contributed by atoms with Crippen LogP contribution in [0.1, 0.15) is 5.56 Å². The molecule has 1 amide bonds. The summed E-state index contributed by atoms with van der Waals surface area (Å²) in [5.41, 5.74) is 1.84. The number of esters is 1. The van der Waals surface area contributed by atoms with Crippen molar-refractivity contribution in [2.24, 2.45) is 0 Å². The van der Waals surface area contributed by atoms with Crippen molar-refractivity contribution in [1.82, 2.24) is 4.98 Å². The van der Waals surface area contributed by atoms with Crippen LogP contribution in [-0.4, -0.2) is 29.2 Å². The van der Waals surface area contributed by atoms with Crippen LogP contribution in [0.4, 0.5) is 5.69 Å². The molecule has 2 aromatic carbocycles. The molecular formula is C18H12ClN3O4S. The number of para-hydroxylation sites is 2. The fraction of sp³-hybridized carbons (Fsp3) is 0.111. The molecule has 0 spiro atoms. The van der Waals surface area contributed by atoms with E-state index in [9.17, 15) is 9.59 Å². The summed E-state index contributed by atoms with van der Waals surface area (Å²) in [6.07, 6.45) is 0. The van der Waals surface area contributed by atoms with E-state index in [0.29, 0.717) is 21.3 Å². The van der Waals surface area contributed by atoms with Gasteiger partial charge in [0.05, 0.1) is 11.3 Å². The minimum absolute atomic E-state index is 0.0548. The summed E-state index contributed by atoms with van der Waals surface area (Å²) in [5.74, 6) is -1.22. The van der Waals surface area contributed by atoms with Gasteiger partial charge in [-0.25, -0.2) is 4.98 Å². The Bertz CT molecular complexity index is 1010. The Morgan fingerprint density at radius 2 is 2.11 bits per heavy atom. The summed E-state index contributed by atoms with van der Waals surface area (Å²) in [4.78, 5) is 27.9. The number of carbonyl (C=O) groups excluding carboxylic acids is 2. The molecule has 0 aliphatic heterocycles. The molecule has 7 nitrogen and oxygen atoms in total. The van der Waals surface area contributed by atoms with Crippen molar-refractivity contribution in [3.8, 4) is 6.07 Å². The normalized spacial score (nSPS) is 10.4. The third-order valence-electron chi connectivity index (χ3n) is 3.33. The zero-order chi connectivity index (χ0) is 19.2. The van der Waals surface area contributed by atoms with E-state index in [0.717, 1.165) is 11.8 Å². The number of rotatable bonds is 6. The van der Waals surface area contributed by atoms with Gasteiger partial charge in [-0.2, -0.15) is 5.26 Å². The molecular weight excluding hydrogens is 390 g/mol. The van der Waals surface area contributed by atoms with Gasteiger partial charge in [-0.3, -0.25) is 9.59 Å². The summed E-state index contributed by atoms with van der Waals surface area (Å²) in [6.45, 7) is -0.482. The highest BCUT2D eigenvalue weighted by atomic mass is 35.5. The largest absolute Gasteiger partial charge is 0.455 e. The van der Waals surface area contributed by atoms with E-state index in [-0.39, 0.29) is 17.0 Å². The molecule has 3 aromatic rings. The van der Waals surface area contributed by atoms with E-state index in [1.807, 2.05) is 18.2 Å². The highest BCUT2D eigenvalue weighted by molar-refractivity contribution is 7.99. The van der Waals surface area contributed by atoms with Crippen LogP contribution in [0.5, 0.6) is 0 Å². The molecule has 0 aliphatic rings. The van der Waals surface area contributed by atoms with Gasteiger partial charge in [-0.15, -0.1) is 0 Å². The predicted octanol–water partition coefficient (Wildman–Crippen LogP) is 3.63. The van der Waals surface area contributed by atoms with Crippen LogP contribution in [0.25, 0.3) is 11.1 Å². The Kier molecular flexibility index (Phi) is 5.96. The lowest BCUT2D eigenvalue weighted by Gasteiger charge is -2.08. The molecule has 1 N–H and O–H groups in total. The number of nitrogens with zero attached hydrogens (tertiary/aromatic N) is 2. The lowest BCUT2D eigenvalue weighted by molar-refractivity contribution is -0.144. The number of carbonyl (C=O) groups is 2. The maximum absolute atomic E-state index is 11.9. The van der Waals surface area contributed by atoms with Crippen molar-refractivity contribution >= 4 is 52.0 Å². The van der Waals surface area contributed by atoms with E-state index in [2.05, 4.69) is 10.3 Å². The minimum atomic E-state index is -0.594. The molecule has 27 heavy (non-hydrogen) atoms. The van der Waals surface area contributed by atoms with Gasteiger partial charge < -0.3 is 14.5 Å². The number of fused-ring (bicyclic) bond motifs is 1. The number of hydrogen-bond acceptors (Lipinski definition) is 7. The molecule has 1 aromatic heterocycles. The number of amides is 1. The number of nitrogens with one attached hydrogen (secondary N) is 1. The van der Waals surface area contributed by atoms with Crippen LogP contribution in [0.15, 0.2) is 52.1 Å². The molecule has 136 valence electrons. The second-order valence-electron chi connectivity index (χ2n) is 5.25. The Morgan fingerprint density at radius 3 is 2.89 bits per heavy atom. The number of ether oxygens (including phenoxy) is 1. The van der Waals surface area contributed by atoms with Crippen molar-refractivity contribution in [2.75, 3.05) is 17.7 Å². The number of halogens is 1. The number of hydrogen-bond donors (Lipinski definition) is 1. The van der Waals surface area contributed by atoms with E-state index in [1.54, 1.807) is 18.2 Å². The van der Waals surface area contributed by atoms with E-state index < -0.39 is 18.5 Å². The number of anilines is 1. The highest BCUT2D eigenvalue weighted by Crippen LogP contribution is 2.23. The number of oxazole rings is 1. The Balaban J connectivity index is 1.48. The maximum Gasteiger partial charge on any atom is 0.316 e. The van der Waals surface area contributed by atoms with Crippen LogP contribution in [0.3, 0.4) is 0 Å². The molecule has 3 rings (SSSR count). The predicted molar refractivity (Wildman–Crippen MR) is 100 cm³/mol. The van der Waals surface area contributed by atoms with Crippen LogP contribution < -0.4 is 5.32 Å². The van der Waals surface area contributed by atoms with E-state index in [1.165, 1.54) is 12.1 Å². The van der Waals surface area contributed by atoms with Crippen LogP contribution in [0, 0.1) is 11.3 Å². The van der Waals surface area contributed by atoms with Crippen LogP contribution in [-0.2, 0) is 14.3 Å². The van der Waals surface area contributed by atoms with Gasteiger partial charge in [-0.05, 0) is 30.3 Å². The van der Waals surface area contributed by atoms with Gasteiger partial charge in [-0.1, -0.05) is 35.5 Å². The highest BCUT2D eigenvalue weighted by Gasteiger charge is 2.13. The zero-order valence-corrected chi connectivity index (χ0v) is 15.3. The number of thioether (sulfide) groups is 1. The average Bonchev–Trinajstić information content (AvgIpc) is 3.08. The molecule has 0 saturated heterocycles. The summed E-state index contributed by atoms with van der Waals surface area (Å²) < 4.78 is 10.4. The second-order valence-corrected chi connectivity index (χ2v) is 6.61. The van der Waals surface area contributed by atoms with Crippen molar-refractivity contribution < 1.29 is 18.7 Å². The van der Waals surface area contributed by atoms with E-state index in [4.69, 9.17) is 26.0 Å². The molecule has 0 bridgehead atoms. The fourth-order valence-corrected chi connectivity index (χ4v) is 2.93. The quantitative estimate of drug-likeness (QED) is 0.496. The van der Waals surface area contributed by atoms with Gasteiger partial charge in [0.25, 0.3) is 11.1 Å². The van der Waals surface area contributed by atoms with Gasteiger partial charge in [0, 0.05) is 5.02 Å². The first-order valence-corrected chi connectivity index (χ1v) is 9.05. The lowest BCUT2D eigenvalue weighted by atomic mass is 10.2. The number of aromatic nitrogens is 1. The number of benzene rings is 2. The maximum atomic E-state index is 11.9. The first kappa shape index (κ1) is 18.8. The first-order valence-electron chi connectivity index (χ1n) is 7.68. The standard InChI is InChI=1S/C18H12ClN3O4S/c19-12-6-5-11(8-20)14(7-12)21-16(23)9-25-17(24)10-27-18-22-13-3-1-2-4-15(13)26-18/h1-7H,9-10H2,(H,21,23). The molecule has 0 radical (unpaired) electrons. The zero-order valence-electron chi connectivity index (χ0n) is 13.8. The average molecular weight is 402 g/mol. The molecule has 9 heteroatoms. The minimum Gasteiger partial charge on any atom is -0.455 e. The van der Waals surface area contributed by atoms with Crippen LogP contribution in [0.2, 0.25) is 5.02 Å². The Labute approximate surface area is 163 Å². The molecule has 0 fully saturated rings. The molecule has 0 aliphatic carbocycles. The van der Waals surface area contributed by atoms with Crippen molar-refractivity contribution in [3.63, 3.8) is 0 Å². The monoisotopic (exact) mass is 401 g/mol. The molecule has 0 unspecified atom stereocenters. The third kappa shape index (κ3) is 5.00. The molecule has 0 saturated carbocycles. The van der Waals surface area contributed by atoms with Gasteiger partial charge in [0.15, 0.2) is 12.2 Å². The van der Waals surface area contributed by atoms with Crippen molar-refractivity contribution in [1.29, 1.82) is 5.26 Å². The molecule has 0 atom stereocenters.